The van der Waals surface area contributed by atoms with Gasteiger partial charge in [0.2, 0.25) is 0 Å². The standard InChI is InChI=1S/C15H17N3O.ClH/c16-6-1-9-19-15-10-14(11-18-12-15)3-2-13-4-7-17-8-5-13;/h2-5,7-8,10-12H,1,6,9,16H2;1H. The van der Waals surface area contributed by atoms with Crippen molar-refractivity contribution in [2.24, 2.45) is 5.73 Å². The molecule has 2 heterocycles. The normalized spacial score (nSPS) is 10.2. The van der Waals surface area contributed by atoms with Gasteiger partial charge in [-0.25, -0.2) is 0 Å². The molecule has 106 valence electrons. The molecule has 0 radical (unpaired) electrons. The number of ether oxygens (including phenoxy) is 1. The number of rotatable bonds is 6. The molecular formula is C15H18ClN3O. The second-order valence-electron chi connectivity index (χ2n) is 4.06. The Kier molecular flexibility index (Phi) is 7.32. The molecule has 0 spiro atoms. The van der Waals surface area contributed by atoms with Gasteiger partial charge in [0.25, 0.3) is 0 Å². The Hall–Kier alpha value is -1.91. The molecule has 0 aliphatic heterocycles. The minimum absolute atomic E-state index is 0. The molecule has 0 saturated carbocycles. The lowest BCUT2D eigenvalue weighted by atomic mass is 10.2. The summed E-state index contributed by atoms with van der Waals surface area (Å²) in [6.45, 7) is 1.25. The van der Waals surface area contributed by atoms with Crippen molar-refractivity contribution in [3.05, 3.63) is 54.1 Å². The van der Waals surface area contributed by atoms with E-state index < -0.39 is 0 Å². The summed E-state index contributed by atoms with van der Waals surface area (Å²) >= 11 is 0. The first-order chi connectivity index (χ1) is 9.38. The van der Waals surface area contributed by atoms with Gasteiger partial charge in [-0.15, -0.1) is 12.4 Å². The van der Waals surface area contributed by atoms with E-state index in [2.05, 4.69) is 9.97 Å². The molecule has 0 fully saturated rings. The van der Waals surface area contributed by atoms with Gasteiger partial charge >= 0.3 is 0 Å². The molecular weight excluding hydrogens is 274 g/mol. The molecule has 0 atom stereocenters. The van der Waals surface area contributed by atoms with Crippen LogP contribution < -0.4 is 10.5 Å². The van der Waals surface area contributed by atoms with Gasteiger partial charge < -0.3 is 10.5 Å². The van der Waals surface area contributed by atoms with Crippen LogP contribution >= 0.6 is 12.4 Å². The molecule has 20 heavy (non-hydrogen) atoms. The first-order valence-electron chi connectivity index (χ1n) is 6.24. The van der Waals surface area contributed by atoms with Crippen LogP contribution in [0.1, 0.15) is 17.5 Å². The molecule has 0 aromatic carbocycles. The van der Waals surface area contributed by atoms with E-state index in [9.17, 15) is 0 Å². The number of nitrogens with two attached hydrogens (primary N) is 1. The van der Waals surface area contributed by atoms with E-state index in [1.165, 1.54) is 0 Å². The third-order valence-electron chi connectivity index (χ3n) is 2.53. The van der Waals surface area contributed by atoms with E-state index in [0.29, 0.717) is 13.2 Å². The average Bonchev–Trinajstić information content (AvgIpc) is 2.47. The number of aromatic nitrogens is 2. The van der Waals surface area contributed by atoms with E-state index >= 15 is 0 Å². The van der Waals surface area contributed by atoms with Gasteiger partial charge in [0.15, 0.2) is 0 Å². The number of nitrogens with zero attached hydrogens (tertiary/aromatic N) is 2. The molecule has 5 heteroatoms. The fraction of sp³-hybridized carbons (Fsp3) is 0.200. The van der Waals surface area contributed by atoms with Gasteiger partial charge in [0.1, 0.15) is 5.75 Å². The fourth-order valence-electron chi connectivity index (χ4n) is 1.55. The number of hydrogen-bond donors (Lipinski definition) is 1. The van der Waals surface area contributed by atoms with Crippen molar-refractivity contribution in [3.63, 3.8) is 0 Å². The summed E-state index contributed by atoms with van der Waals surface area (Å²) in [5.41, 5.74) is 7.53. The van der Waals surface area contributed by atoms with Crippen molar-refractivity contribution >= 4 is 24.6 Å². The van der Waals surface area contributed by atoms with Gasteiger partial charge in [-0.2, -0.15) is 0 Å². The molecule has 0 saturated heterocycles. The van der Waals surface area contributed by atoms with Crippen LogP contribution in [0.2, 0.25) is 0 Å². The van der Waals surface area contributed by atoms with Crippen LogP contribution in [0, 0.1) is 0 Å². The molecule has 0 unspecified atom stereocenters. The Morgan fingerprint density at radius 2 is 1.80 bits per heavy atom. The Balaban J connectivity index is 0.00000200. The zero-order chi connectivity index (χ0) is 13.3. The third kappa shape index (κ3) is 5.38. The van der Waals surface area contributed by atoms with Crippen LogP contribution in [0.15, 0.2) is 43.0 Å². The number of halogens is 1. The molecule has 0 bridgehead atoms. The minimum atomic E-state index is 0. The average molecular weight is 292 g/mol. The molecule has 4 nitrogen and oxygen atoms in total. The first-order valence-corrected chi connectivity index (χ1v) is 6.24. The zero-order valence-corrected chi connectivity index (χ0v) is 11.9. The van der Waals surface area contributed by atoms with Gasteiger partial charge in [-0.05, 0) is 42.3 Å². The quantitative estimate of drug-likeness (QED) is 0.831. The highest BCUT2D eigenvalue weighted by Crippen LogP contribution is 2.14. The fourth-order valence-corrected chi connectivity index (χ4v) is 1.55. The second-order valence-corrected chi connectivity index (χ2v) is 4.06. The lowest BCUT2D eigenvalue weighted by Gasteiger charge is -2.04. The Morgan fingerprint density at radius 1 is 1.05 bits per heavy atom. The predicted octanol–water partition coefficient (Wildman–Crippen LogP) is 2.80. The summed E-state index contributed by atoms with van der Waals surface area (Å²) in [4.78, 5) is 8.14. The lowest BCUT2D eigenvalue weighted by Crippen LogP contribution is -2.06. The summed E-state index contributed by atoms with van der Waals surface area (Å²) in [6.07, 6.45) is 11.9. The highest BCUT2D eigenvalue weighted by molar-refractivity contribution is 5.85. The van der Waals surface area contributed by atoms with Gasteiger partial charge in [-0.1, -0.05) is 12.2 Å². The molecule has 0 amide bonds. The molecule has 2 rings (SSSR count). The molecule has 0 aliphatic carbocycles. The van der Waals surface area contributed by atoms with E-state index in [0.717, 1.165) is 23.3 Å². The number of hydrogen-bond acceptors (Lipinski definition) is 4. The maximum Gasteiger partial charge on any atom is 0.138 e. The van der Waals surface area contributed by atoms with Crippen LogP contribution in [0.4, 0.5) is 0 Å². The van der Waals surface area contributed by atoms with Crippen molar-refractivity contribution in [3.8, 4) is 5.75 Å². The van der Waals surface area contributed by atoms with E-state index in [1.54, 1.807) is 24.8 Å². The van der Waals surface area contributed by atoms with Crippen LogP contribution in [0.5, 0.6) is 5.75 Å². The SMILES string of the molecule is Cl.NCCCOc1cncc(C=Cc2ccncc2)c1. The van der Waals surface area contributed by atoms with Crippen molar-refractivity contribution in [1.82, 2.24) is 9.97 Å². The summed E-state index contributed by atoms with van der Waals surface area (Å²) in [7, 11) is 0. The smallest absolute Gasteiger partial charge is 0.138 e. The highest BCUT2D eigenvalue weighted by atomic mass is 35.5. The molecule has 2 N–H and O–H groups in total. The van der Waals surface area contributed by atoms with Crippen LogP contribution in [0.3, 0.4) is 0 Å². The van der Waals surface area contributed by atoms with Crippen LogP contribution in [0.25, 0.3) is 12.2 Å². The predicted molar refractivity (Wildman–Crippen MR) is 83.8 cm³/mol. The summed E-state index contributed by atoms with van der Waals surface area (Å²) in [6, 6.07) is 5.86. The molecule has 0 aliphatic rings. The van der Waals surface area contributed by atoms with Crippen molar-refractivity contribution in [1.29, 1.82) is 0 Å². The Bertz CT molecular complexity index is 532. The summed E-state index contributed by atoms with van der Waals surface area (Å²) < 4.78 is 5.55. The molecule has 2 aromatic rings. The summed E-state index contributed by atoms with van der Waals surface area (Å²) in [5.74, 6) is 0.769. The van der Waals surface area contributed by atoms with E-state index in [-0.39, 0.29) is 12.4 Å². The molecule has 2 aromatic heterocycles. The van der Waals surface area contributed by atoms with Crippen molar-refractivity contribution < 1.29 is 4.74 Å². The summed E-state index contributed by atoms with van der Waals surface area (Å²) in [5, 5.41) is 0. The highest BCUT2D eigenvalue weighted by Gasteiger charge is 1.95. The topological polar surface area (TPSA) is 61.0 Å². The largest absolute Gasteiger partial charge is 0.492 e. The van der Waals surface area contributed by atoms with Gasteiger partial charge in [0, 0.05) is 18.6 Å². The lowest BCUT2D eigenvalue weighted by molar-refractivity contribution is 0.312. The maximum atomic E-state index is 5.55. The van der Waals surface area contributed by atoms with Crippen molar-refractivity contribution in [2.75, 3.05) is 13.2 Å². The third-order valence-corrected chi connectivity index (χ3v) is 2.53. The minimum Gasteiger partial charge on any atom is -0.492 e. The van der Waals surface area contributed by atoms with Crippen LogP contribution in [-0.4, -0.2) is 23.1 Å². The van der Waals surface area contributed by atoms with Gasteiger partial charge in [0.05, 0.1) is 12.8 Å². The maximum absolute atomic E-state index is 5.55. The van der Waals surface area contributed by atoms with E-state index in [4.69, 9.17) is 10.5 Å². The monoisotopic (exact) mass is 291 g/mol. The van der Waals surface area contributed by atoms with Crippen molar-refractivity contribution in [2.45, 2.75) is 6.42 Å². The number of pyridine rings is 2. The second kappa shape index (κ2) is 9.07. The first kappa shape index (κ1) is 16.1. The Morgan fingerprint density at radius 3 is 2.55 bits per heavy atom. The zero-order valence-electron chi connectivity index (χ0n) is 11.1. The van der Waals surface area contributed by atoms with Gasteiger partial charge in [-0.3, -0.25) is 9.97 Å². The van der Waals surface area contributed by atoms with Crippen LogP contribution in [-0.2, 0) is 0 Å². The van der Waals surface area contributed by atoms with E-state index in [1.807, 2.05) is 30.4 Å². The Labute approximate surface area is 125 Å².